The molecular formula is C13H20BrN. The third-order valence-electron chi connectivity index (χ3n) is 2.65. The van der Waals surface area contributed by atoms with Gasteiger partial charge in [0.1, 0.15) is 0 Å². The highest BCUT2D eigenvalue weighted by Crippen LogP contribution is 2.22. The number of hydrogen-bond acceptors (Lipinski definition) is 1. The van der Waals surface area contributed by atoms with Crippen LogP contribution in [0.15, 0.2) is 22.7 Å². The minimum Gasteiger partial charge on any atom is -0.299 e. The van der Waals surface area contributed by atoms with Gasteiger partial charge in [-0.25, -0.2) is 0 Å². The van der Waals surface area contributed by atoms with Gasteiger partial charge in [0.15, 0.2) is 0 Å². The number of rotatable bonds is 5. The Morgan fingerprint density at radius 2 is 2.00 bits per heavy atom. The van der Waals surface area contributed by atoms with Crippen molar-refractivity contribution in [2.75, 3.05) is 13.1 Å². The molecule has 0 atom stereocenters. The van der Waals surface area contributed by atoms with Crippen LogP contribution in [0, 0.1) is 6.92 Å². The third-order valence-corrected chi connectivity index (χ3v) is 3.79. The summed E-state index contributed by atoms with van der Waals surface area (Å²) in [6.07, 6.45) is 1.22. The Balaban J connectivity index is 2.74. The number of halogens is 1. The maximum absolute atomic E-state index is 3.66. The second kappa shape index (κ2) is 6.29. The molecule has 0 saturated carbocycles. The van der Waals surface area contributed by atoms with Gasteiger partial charge in [0.2, 0.25) is 0 Å². The molecule has 1 aromatic carbocycles. The van der Waals surface area contributed by atoms with Crippen LogP contribution in [-0.2, 0) is 6.54 Å². The van der Waals surface area contributed by atoms with Crippen molar-refractivity contribution in [2.45, 2.75) is 33.7 Å². The van der Waals surface area contributed by atoms with Gasteiger partial charge in [-0.05, 0) is 37.6 Å². The molecule has 0 aliphatic heterocycles. The zero-order valence-corrected chi connectivity index (χ0v) is 11.5. The standard InChI is InChI=1S/C13H20BrN/c1-4-9-15(5-2)10-12-8-6-7-11(3)13(12)14/h6-8H,4-5,9-10H2,1-3H3. The largest absolute Gasteiger partial charge is 0.299 e. The lowest BCUT2D eigenvalue weighted by Gasteiger charge is -2.20. The molecule has 1 nitrogen and oxygen atoms in total. The van der Waals surface area contributed by atoms with Gasteiger partial charge in [-0.1, -0.05) is 48.0 Å². The van der Waals surface area contributed by atoms with Crippen LogP contribution < -0.4 is 0 Å². The van der Waals surface area contributed by atoms with Gasteiger partial charge >= 0.3 is 0 Å². The lowest BCUT2D eigenvalue weighted by molar-refractivity contribution is 0.280. The van der Waals surface area contributed by atoms with Gasteiger partial charge < -0.3 is 0 Å². The van der Waals surface area contributed by atoms with Crippen LogP contribution in [0.3, 0.4) is 0 Å². The first-order valence-corrected chi connectivity index (χ1v) is 6.44. The SMILES string of the molecule is CCCN(CC)Cc1cccc(C)c1Br. The Kier molecular flexibility index (Phi) is 5.34. The molecule has 84 valence electrons. The lowest BCUT2D eigenvalue weighted by Crippen LogP contribution is -2.23. The highest BCUT2D eigenvalue weighted by atomic mass is 79.9. The van der Waals surface area contributed by atoms with Crippen molar-refractivity contribution in [3.63, 3.8) is 0 Å². The molecule has 1 aromatic rings. The van der Waals surface area contributed by atoms with Crippen molar-refractivity contribution in [1.29, 1.82) is 0 Å². The van der Waals surface area contributed by atoms with Crippen molar-refractivity contribution in [3.8, 4) is 0 Å². The maximum atomic E-state index is 3.66. The first kappa shape index (κ1) is 12.7. The van der Waals surface area contributed by atoms with Crippen LogP contribution >= 0.6 is 15.9 Å². The summed E-state index contributed by atoms with van der Waals surface area (Å²) in [7, 11) is 0. The topological polar surface area (TPSA) is 3.24 Å². The van der Waals surface area contributed by atoms with Crippen molar-refractivity contribution in [3.05, 3.63) is 33.8 Å². The van der Waals surface area contributed by atoms with Gasteiger partial charge in [-0.15, -0.1) is 0 Å². The first-order chi connectivity index (χ1) is 7.19. The molecule has 0 N–H and O–H groups in total. The Hall–Kier alpha value is -0.340. The van der Waals surface area contributed by atoms with Gasteiger partial charge in [0.05, 0.1) is 0 Å². The lowest BCUT2D eigenvalue weighted by atomic mass is 10.1. The average molecular weight is 270 g/mol. The fourth-order valence-electron chi connectivity index (χ4n) is 1.74. The maximum Gasteiger partial charge on any atom is 0.0249 e. The Bertz CT molecular complexity index is 309. The number of nitrogens with zero attached hydrogens (tertiary/aromatic N) is 1. The van der Waals surface area contributed by atoms with Crippen LogP contribution in [0.4, 0.5) is 0 Å². The minimum atomic E-state index is 1.05. The Morgan fingerprint density at radius 3 is 2.60 bits per heavy atom. The van der Waals surface area contributed by atoms with E-state index in [1.807, 2.05) is 0 Å². The molecule has 0 aliphatic rings. The molecule has 0 aliphatic carbocycles. The van der Waals surface area contributed by atoms with Crippen molar-refractivity contribution in [2.24, 2.45) is 0 Å². The van der Waals surface area contributed by atoms with Crippen LogP contribution in [0.2, 0.25) is 0 Å². The summed E-state index contributed by atoms with van der Waals surface area (Å²) < 4.78 is 1.26. The molecule has 0 spiro atoms. The number of benzene rings is 1. The molecule has 0 heterocycles. The summed E-state index contributed by atoms with van der Waals surface area (Å²) in [4.78, 5) is 2.47. The molecular weight excluding hydrogens is 250 g/mol. The van der Waals surface area contributed by atoms with Crippen molar-refractivity contribution < 1.29 is 0 Å². The number of aryl methyl sites for hydroxylation is 1. The van der Waals surface area contributed by atoms with Crippen LogP contribution in [0.5, 0.6) is 0 Å². The molecule has 2 heteroatoms. The highest BCUT2D eigenvalue weighted by Gasteiger charge is 2.06. The molecule has 0 saturated heterocycles. The van der Waals surface area contributed by atoms with Gasteiger partial charge in [-0.3, -0.25) is 4.90 Å². The third kappa shape index (κ3) is 3.62. The molecule has 0 radical (unpaired) electrons. The van der Waals surface area contributed by atoms with E-state index in [0.29, 0.717) is 0 Å². The van der Waals surface area contributed by atoms with Crippen LogP contribution in [0.1, 0.15) is 31.4 Å². The Labute approximate surface area is 102 Å². The van der Waals surface area contributed by atoms with E-state index in [-0.39, 0.29) is 0 Å². The zero-order chi connectivity index (χ0) is 11.3. The van der Waals surface area contributed by atoms with Crippen LogP contribution in [0.25, 0.3) is 0 Å². The van der Waals surface area contributed by atoms with E-state index in [1.54, 1.807) is 0 Å². The van der Waals surface area contributed by atoms with Gasteiger partial charge in [-0.2, -0.15) is 0 Å². The average Bonchev–Trinajstić information content (AvgIpc) is 2.24. The molecule has 15 heavy (non-hydrogen) atoms. The van der Waals surface area contributed by atoms with E-state index >= 15 is 0 Å². The second-order valence-electron chi connectivity index (χ2n) is 3.92. The molecule has 0 aromatic heterocycles. The monoisotopic (exact) mass is 269 g/mol. The van der Waals surface area contributed by atoms with E-state index in [2.05, 4.69) is 59.8 Å². The molecule has 0 unspecified atom stereocenters. The fourth-order valence-corrected chi connectivity index (χ4v) is 2.13. The summed E-state index contributed by atoms with van der Waals surface area (Å²) in [6, 6.07) is 6.48. The van der Waals surface area contributed by atoms with Gasteiger partial charge in [0, 0.05) is 11.0 Å². The molecule has 0 fully saturated rings. The van der Waals surface area contributed by atoms with Crippen molar-refractivity contribution in [1.82, 2.24) is 4.90 Å². The predicted molar refractivity (Wildman–Crippen MR) is 70.1 cm³/mol. The quantitative estimate of drug-likeness (QED) is 0.782. The fraction of sp³-hybridized carbons (Fsp3) is 0.538. The summed E-state index contributed by atoms with van der Waals surface area (Å²) in [5, 5.41) is 0. The van der Waals surface area contributed by atoms with E-state index in [0.717, 1.165) is 13.1 Å². The number of hydrogen-bond donors (Lipinski definition) is 0. The Morgan fingerprint density at radius 1 is 1.27 bits per heavy atom. The predicted octanol–water partition coefficient (Wildman–Crippen LogP) is 3.99. The second-order valence-corrected chi connectivity index (χ2v) is 4.71. The molecule has 0 amide bonds. The van der Waals surface area contributed by atoms with Crippen LogP contribution in [-0.4, -0.2) is 18.0 Å². The van der Waals surface area contributed by atoms with E-state index < -0.39 is 0 Å². The van der Waals surface area contributed by atoms with E-state index in [9.17, 15) is 0 Å². The van der Waals surface area contributed by atoms with Gasteiger partial charge in [0.25, 0.3) is 0 Å². The highest BCUT2D eigenvalue weighted by molar-refractivity contribution is 9.10. The minimum absolute atomic E-state index is 1.05. The summed E-state index contributed by atoms with van der Waals surface area (Å²) in [5.41, 5.74) is 2.71. The van der Waals surface area contributed by atoms with Crippen molar-refractivity contribution >= 4 is 15.9 Å². The smallest absolute Gasteiger partial charge is 0.0249 e. The molecule has 1 rings (SSSR count). The first-order valence-electron chi connectivity index (χ1n) is 5.65. The normalized spacial score (nSPS) is 11.0. The van der Waals surface area contributed by atoms with E-state index in [1.165, 1.54) is 28.6 Å². The summed E-state index contributed by atoms with van der Waals surface area (Å²) in [5.74, 6) is 0. The van der Waals surface area contributed by atoms with E-state index in [4.69, 9.17) is 0 Å². The zero-order valence-electron chi connectivity index (χ0n) is 9.89. The summed E-state index contributed by atoms with van der Waals surface area (Å²) >= 11 is 3.66. The summed E-state index contributed by atoms with van der Waals surface area (Å²) in [6.45, 7) is 9.94. The molecule has 0 bridgehead atoms.